The van der Waals surface area contributed by atoms with Crippen LogP contribution in [0.25, 0.3) is 0 Å². The Balaban J connectivity index is -0.0000000629. The van der Waals surface area contributed by atoms with Crippen LogP contribution < -0.4 is 104 Å². The number of carbonyl (C=O) groups excluding carboxylic acids is 3. The summed E-state index contributed by atoms with van der Waals surface area (Å²) >= 11 is 2.18. The third-order valence-electron chi connectivity index (χ3n) is 9.55. The number of carboxylic acid groups (broad SMARTS) is 1. The van der Waals surface area contributed by atoms with E-state index in [9.17, 15) is 168 Å². The van der Waals surface area contributed by atoms with Crippen LogP contribution in [0.15, 0.2) is 188 Å². The molecule has 0 aliphatic rings. The Kier molecular flexibility index (Phi) is 104. The van der Waals surface area contributed by atoms with Gasteiger partial charge in [-0.1, -0.05) is 64.4 Å². The number of aromatic carboxylic acids is 1. The van der Waals surface area contributed by atoms with E-state index < -0.39 is 137 Å². The smallest absolute Gasteiger partial charge is 0.816 e. The molecule has 9 aromatic rings. The average Bonchev–Trinajstić information content (AvgIpc) is 1.03. The third kappa shape index (κ3) is 76.9. The van der Waals surface area contributed by atoms with E-state index in [-0.39, 0.29) is 293 Å². The minimum Gasteiger partial charge on any atom is -0.816 e. The average molecular weight is 3490 g/mol. The second kappa shape index (κ2) is 77.8. The van der Waals surface area contributed by atoms with Crippen molar-refractivity contribution in [3.8, 4) is 17.2 Å². The number of hydrogen-bond acceptors (Lipinski definition) is 43. The first-order chi connectivity index (χ1) is 48.5. The van der Waals surface area contributed by atoms with Gasteiger partial charge in [0.05, 0.1) is 35.9 Å². The van der Waals surface area contributed by atoms with Crippen molar-refractivity contribution in [2.24, 2.45) is 0 Å². The monoisotopic (exact) mass is 3490 g/mol. The first-order valence-corrected chi connectivity index (χ1v) is 41.7. The van der Waals surface area contributed by atoms with Crippen molar-refractivity contribution in [1.29, 1.82) is 0 Å². The zero-order chi connectivity index (χ0) is 81.4. The maximum Gasteiger partial charge on any atom is 2.00 e. The van der Waals surface area contributed by atoms with Crippen LogP contribution in [-0.4, -0.2) is 69.8 Å². The molecule has 7 aromatic carbocycles. The minimum atomic E-state index is -5.26. The molecule has 2 heterocycles. The summed E-state index contributed by atoms with van der Waals surface area (Å²) in [6.45, 7) is 0. The molecule has 62 heteroatoms. The number of carbonyl (C=O) groups is 3. The fourth-order valence-corrected chi connectivity index (χ4v) is 11.6. The van der Waals surface area contributed by atoms with E-state index >= 15 is 0 Å². The van der Waals surface area contributed by atoms with Gasteiger partial charge in [-0.05, 0) is 5.97 Å². The number of carboxylic acids is 1. The summed E-state index contributed by atoms with van der Waals surface area (Å²) in [5.41, 5.74) is -0.356. The van der Waals surface area contributed by atoms with E-state index in [1.165, 1.54) is 84.2 Å². The molecule has 2 aromatic heterocycles. The third-order valence-corrected chi connectivity index (χ3v) is 18.4. The van der Waals surface area contributed by atoms with Crippen LogP contribution in [0.2, 0.25) is 0 Å². The van der Waals surface area contributed by atoms with Crippen molar-refractivity contribution < 1.29 is 381 Å². The number of hydrogen-bond donors (Lipinski definition) is 0. The predicted octanol–water partition coefficient (Wildman–Crippen LogP) is -4.38. The molecule has 0 spiro atoms. The van der Waals surface area contributed by atoms with Gasteiger partial charge >= 0.3 is 190 Å². The Labute approximate surface area is 856 Å². The fraction of sp³-hybridized carbons (Fsp3) is 0. The quantitative estimate of drug-likeness (QED) is 0.0290. The molecule has 0 saturated heterocycles. The second-order valence-electron chi connectivity index (χ2n) is 17.2. The topological polar surface area (TPSA) is 774 Å². The van der Waals surface area contributed by atoms with Crippen LogP contribution in [0.4, 0.5) is 0 Å². The zero-order valence-electron chi connectivity index (χ0n) is 63.2. The summed E-state index contributed by atoms with van der Waals surface area (Å²) in [5, 5.41) is 33.1. The van der Waals surface area contributed by atoms with E-state index in [0.717, 1.165) is 83.3 Å². The summed E-state index contributed by atoms with van der Waals surface area (Å²) in [5.74, 6) is -4.47. The van der Waals surface area contributed by atoms with Crippen molar-refractivity contribution in [2.75, 3.05) is 0 Å². The van der Waals surface area contributed by atoms with Crippen LogP contribution in [0.3, 0.4) is 0 Å². The number of phosphoric acid groups is 3. The largest absolute Gasteiger partial charge is 2.00 e. The van der Waals surface area contributed by atoms with Crippen LogP contribution >= 0.6 is 68.9 Å². The molecule has 0 aliphatic heterocycles. The summed E-state index contributed by atoms with van der Waals surface area (Å²) in [6.07, 6.45) is 0. The summed E-state index contributed by atoms with van der Waals surface area (Å²) < 4.78 is 197. The van der Waals surface area contributed by atoms with Crippen LogP contribution in [0, 0.1) is 121 Å². The van der Waals surface area contributed by atoms with Crippen molar-refractivity contribution >= 4 is 143 Å². The minimum absolute atomic E-state index is 0. The predicted molar refractivity (Wildman–Crippen MR) is 374 cm³/mol. The molecular weight excluding hydrogens is 3430 g/mol. The van der Waals surface area contributed by atoms with E-state index in [4.69, 9.17) is 0 Å². The standard InChI is InChI=1S/C8H5O6.C6H7O8P2.C6H7O6P2.C6H5O6S2.C6H6O4P.C6H6O3P.C6H5O3S.C5H3O2S.C4H3O3S2.9CH3.9W/c9-7(13-11)5-2-1-3-6(4-5)8(10)14-12;7-15(8,9)13-5-2-1-3-6(4-5)14-16(10,11)12;2*7-13(8,9)5-2-1-3-6(4-5)14(10,11)12;7-11(8,9)10-6-4-2-1-3-5-6;2*7-10(8,9)6-4-2-1-3-5-6;6-5(7)4-2-1-3-8-4;5-9(6,7)4-1-2-8-3-4;;;;;;;;;;;;;;;;;;/h2-4,11-12H;2-4H,(H2,7,8,9)(H2,10,11,12);2-4H,(H2,7,8,9)(H2,10,11,12);2-4H,(H,7,8,9)(H,10,11,12);2-5H,(H2,7,8,9);2-5H,(H2,7,8,9);2-5H,(H,7,8,9);1,3H,(H,6,7);1-2H,(H,5,6,7);9*1H3;;;;;;;;;/q18*-1;9*+2/p-19. The van der Waals surface area contributed by atoms with Gasteiger partial charge < -0.3 is 226 Å². The molecule has 0 atom stereocenters. The summed E-state index contributed by atoms with van der Waals surface area (Å²) in [7, 11) is -48.1. The van der Waals surface area contributed by atoms with Crippen molar-refractivity contribution in [3.05, 3.63) is 305 Å². The number of benzene rings is 7. The molecule has 124 heavy (non-hydrogen) atoms. The Bertz CT molecular complexity index is 4970. The normalized spacial score (nSPS) is 9.76. The number of thiophene rings is 2. The Morgan fingerprint density at radius 1 is 0.339 bits per heavy atom. The Hall–Kier alpha value is -1.60. The summed E-state index contributed by atoms with van der Waals surface area (Å²) in [6, 6.07) is 48.0. The molecule has 0 aliphatic carbocycles. The molecule has 0 amide bonds. The molecule has 0 unspecified atom stereocenters. The van der Waals surface area contributed by atoms with E-state index in [2.05, 4.69) is 77.3 Å². The zero-order valence-corrected chi connectivity index (χ0v) is 99.9. The van der Waals surface area contributed by atoms with Gasteiger partial charge in [0.25, 0.3) is 11.9 Å². The summed E-state index contributed by atoms with van der Waals surface area (Å²) in [4.78, 5) is 159. The molecule has 41 nitrogen and oxygen atoms in total. The number of rotatable bonds is 16. The maximum atomic E-state index is 10.7. The van der Waals surface area contributed by atoms with Crippen molar-refractivity contribution in [1.82, 2.24) is 0 Å². The first kappa shape index (κ1) is 166. The second-order valence-corrected chi connectivity index (χ2v) is 32.1. The van der Waals surface area contributed by atoms with Crippen molar-refractivity contribution in [2.45, 2.75) is 19.6 Å². The molecule has 0 N–H and O–H groups in total. The van der Waals surface area contributed by atoms with Crippen LogP contribution in [-0.2, 0) is 267 Å². The van der Waals surface area contributed by atoms with Gasteiger partial charge in [-0.2, -0.15) is 169 Å². The van der Waals surface area contributed by atoms with Gasteiger partial charge in [-0.25, -0.2) is 28.2 Å². The van der Waals surface area contributed by atoms with Crippen LogP contribution in [0.1, 0.15) is 30.4 Å². The Morgan fingerprint density at radius 3 is 0.903 bits per heavy atom. The molecule has 0 fully saturated rings. The molecule has 688 valence electrons. The van der Waals surface area contributed by atoms with Gasteiger partial charge in [0.15, 0.2) is 0 Å². The van der Waals surface area contributed by atoms with E-state index in [0.29, 0.717) is 12.1 Å². The molecular formula is C62H55O41P6S6W9-19. The van der Waals surface area contributed by atoms with Crippen molar-refractivity contribution in [3.63, 3.8) is 0 Å². The first-order valence-electron chi connectivity index (χ1n) is 25.3. The van der Waals surface area contributed by atoms with Gasteiger partial charge in [-0.15, -0.1) is 63.1 Å². The fourth-order valence-electron chi connectivity index (χ4n) is 5.45. The van der Waals surface area contributed by atoms with E-state index in [1.807, 2.05) is 0 Å². The molecule has 0 radical (unpaired) electrons. The van der Waals surface area contributed by atoms with E-state index in [1.54, 1.807) is 11.4 Å². The molecule has 0 bridgehead atoms. The number of phosphoric ester groups is 3. The SMILES string of the molecule is O=C(O[O-])c1c[c-]cc(C(=O)O[O-])c1.O=C([O-])c1[c-]ccs1.O=P([O-])([O-])Oc1c[c-]cc(OP(=O)([O-])[O-])c1.O=P([O-])([O-])Oc1cc[c-]cc1.O=P([O-])([O-])c1c[c-]cc(P(=O)([O-])[O-])c1.O=P([O-])([O-])c1cc[c-]cc1.O=S(=O)([O-])c1[c-]scc1.O=S(=O)([O-])c1c[c-]cc(S(=O)(=O)[O-])c1.O=S(=O)([O-])c1cc[c-]cc1.[CH3-].[CH3-].[CH3-].[CH3-].[CH3-].[CH3-].[CH3-].[CH3-].[CH3-].[W+2].[W+2].[W+2].[W+2].[W+2].[W+2].[W+2].[W+2].[W+2]. The van der Waals surface area contributed by atoms with Gasteiger partial charge in [0.2, 0.25) is 0 Å². The van der Waals surface area contributed by atoms with Crippen LogP contribution in [0.5, 0.6) is 17.2 Å². The maximum absolute atomic E-state index is 10.7. The van der Waals surface area contributed by atoms with Gasteiger partial charge in [-0.3, -0.25) is 26.4 Å². The Morgan fingerprint density at radius 2 is 0.653 bits per heavy atom. The van der Waals surface area contributed by atoms with Gasteiger partial charge in [0.1, 0.15) is 28.1 Å². The van der Waals surface area contributed by atoms with Gasteiger partial charge in [0, 0.05) is 17.2 Å². The molecule has 9 rings (SSSR count). The molecule has 0 saturated carbocycles.